The van der Waals surface area contributed by atoms with Crippen LogP contribution in [0, 0.1) is 62.3 Å². The maximum absolute atomic E-state index is 12.8. The molecule has 5 atom stereocenters. The van der Waals surface area contributed by atoms with Gasteiger partial charge in [-0.2, -0.15) is 0 Å². The molecule has 0 aliphatic carbocycles. The van der Waals surface area contributed by atoms with Gasteiger partial charge >= 0.3 is 5.97 Å². The highest BCUT2D eigenvalue weighted by molar-refractivity contribution is 7.16. The Morgan fingerprint density at radius 3 is 1.19 bits per heavy atom. The Morgan fingerprint density at radius 1 is 0.529 bits per heavy atom. The number of nitrogen functional groups attached to an aromatic ring is 1. The van der Waals surface area contributed by atoms with Crippen molar-refractivity contribution < 1.29 is 14.6 Å². The van der Waals surface area contributed by atoms with E-state index >= 15 is 0 Å². The zero-order chi connectivity index (χ0) is 61.9. The van der Waals surface area contributed by atoms with Crippen LogP contribution in [0.4, 0.5) is 5.69 Å². The second-order valence-electron chi connectivity index (χ2n) is 21.7. The molecule has 17 nitrogen and oxygen atoms in total. The fourth-order valence-electron chi connectivity index (χ4n) is 10.3. The SMILES string of the molecule is CN.CO.Cc1sc2c(c1C)C(c1ccc(CP)cc1)=NC(C)c1nnc(C)n1-2.Cc1sc2c(c1C)C(c1ccc(CP)cc1)=NC(CC(=O)OC(C)(C)C)c1nnc(C)n1-2.Cc1sc2c(c1C)C(c1ccc(N)cc1)=NC(C)c1nnc(C)n1-2. The average molecular weight is 1240 g/mol. The van der Waals surface area contributed by atoms with Crippen LogP contribution in [-0.4, -0.2) is 92.3 Å². The molecule has 5 N–H and O–H groups in total. The lowest BCUT2D eigenvalue weighted by atomic mass is 9.99. The van der Waals surface area contributed by atoms with Gasteiger partial charge in [0, 0.05) is 60.8 Å². The standard InChI is InChI=1S/C24H29N4O2PS.C19H21N4PS.C18H19N5S.CH5N.CH4O/c1-13-14(2)32-23-20(13)21(17-9-7-16(12-31)8-10-17)25-18(11-19(29)30-24(4,5)6)22-27-26-15(3)28(22)23;1-10-12(3)25-19-16(10)17(15-7-5-14(9-24)6-8-15)20-11(2)18-22-21-13(4)23(18)19;1-9-11(3)24-18-15(9)16(13-5-7-14(19)8-6-13)20-10(2)17-22-21-12(4)23(17)18;2*1-2/h7-10,18H,11-12,31H2,1-6H3;5-8,11H,9,24H2,1-4H3;5-8,10H,19H2,1-4H3;2H2,1H3;2H,1H3. The van der Waals surface area contributed by atoms with Crippen LogP contribution >= 0.6 is 52.5 Å². The minimum Gasteiger partial charge on any atom is -0.460 e. The summed E-state index contributed by atoms with van der Waals surface area (Å²) in [6.07, 6.45) is 1.97. The fourth-order valence-corrected chi connectivity index (χ4v) is 14.5. The number of rotatable bonds is 7. The number of aromatic nitrogens is 9. The van der Waals surface area contributed by atoms with E-state index in [1.165, 1.54) is 65.6 Å². The monoisotopic (exact) mass is 1240 g/mol. The maximum atomic E-state index is 12.8. The van der Waals surface area contributed by atoms with E-state index in [1.54, 1.807) is 34.0 Å². The Hall–Kier alpha value is -6.76. The maximum Gasteiger partial charge on any atom is 0.308 e. The molecule has 0 saturated heterocycles. The molecule has 5 unspecified atom stereocenters. The van der Waals surface area contributed by atoms with Gasteiger partial charge in [0.1, 0.15) is 56.2 Å². The number of anilines is 1. The lowest BCUT2D eigenvalue weighted by Crippen LogP contribution is -2.25. The number of carbonyl (C=O) groups excluding carboxylic acids is 1. The molecule has 9 aromatic rings. The fraction of sp³-hybridized carbons (Fsp3) is 0.365. The van der Waals surface area contributed by atoms with Gasteiger partial charge in [-0.1, -0.05) is 60.7 Å². The van der Waals surface area contributed by atoms with Crippen molar-refractivity contribution in [3.05, 3.63) is 184 Å². The molecule has 0 spiro atoms. The minimum absolute atomic E-state index is 0.0306. The van der Waals surface area contributed by atoms with Crippen LogP contribution < -0.4 is 11.5 Å². The van der Waals surface area contributed by atoms with E-state index in [0.717, 1.165) is 104 Å². The Bertz CT molecular complexity index is 3970. The number of ether oxygens (including phenoxy) is 1. The number of hydrogen-bond donors (Lipinski definition) is 3. The summed E-state index contributed by atoms with van der Waals surface area (Å²) in [7, 11) is 8.03. The molecule has 3 aromatic carbocycles. The van der Waals surface area contributed by atoms with Crippen LogP contribution in [0.3, 0.4) is 0 Å². The Morgan fingerprint density at radius 2 is 0.847 bits per heavy atom. The first-order chi connectivity index (χ1) is 40.6. The normalized spacial score (nSPS) is 15.4. The van der Waals surface area contributed by atoms with Gasteiger partial charge in [0.25, 0.3) is 0 Å². The van der Waals surface area contributed by atoms with Crippen LogP contribution in [0.1, 0.15) is 170 Å². The number of aryl methyl sites for hydroxylation is 6. The summed E-state index contributed by atoms with van der Waals surface area (Å²) in [6, 6.07) is 24.5. The molecule has 85 heavy (non-hydrogen) atoms. The second kappa shape index (κ2) is 26.9. The highest BCUT2D eigenvalue weighted by atomic mass is 32.1. The molecule has 9 heterocycles. The summed E-state index contributed by atoms with van der Waals surface area (Å²) in [5.41, 5.74) is 26.5. The van der Waals surface area contributed by atoms with Crippen molar-refractivity contribution in [1.29, 1.82) is 0 Å². The van der Waals surface area contributed by atoms with E-state index < -0.39 is 11.6 Å². The van der Waals surface area contributed by atoms with Crippen molar-refractivity contribution in [1.82, 2.24) is 44.3 Å². The predicted octanol–water partition coefficient (Wildman–Crippen LogP) is 12.7. The van der Waals surface area contributed by atoms with Crippen LogP contribution in [0.15, 0.2) is 87.8 Å². The van der Waals surface area contributed by atoms with Crippen LogP contribution in [-0.2, 0) is 21.9 Å². The summed E-state index contributed by atoms with van der Waals surface area (Å²) in [4.78, 5) is 31.8. The molecule has 22 heteroatoms. The molecule has 6 aromatic heterocycles. The molecule has 3 aliphatic rings. The van der Waals surface area contributed by atoms with Crippen molar-refractivity contribution in [3.63, 3.8) is 0 Å². The van der Waals surface area contributed by atoms with E-state index in [4.69, 9.17) is 30.6 Å². The summed E-state index contributed by atoms with van der Waals surface area (Å²) in [6.45, 7) is 28.6. The third-order valence-corrected chi connectivity index (χ3v) is 19.4. The summed E-state index contributed by atoms with van der Waals surface area (Å²) in [5.74, 6) is 4.78. The molecule has 0 radical (unpaired) electrons. The minimum atomic E-state index is -0.557. The van der Waals surface area contributed by atoms with Gasteiger partial charge in [0.2, 0.25) is 0 Å². The number of nitrogens with two attached hydrogens (primary N) is 2. The van der Waals surface area contributed by atoms with E-state index in [2.05, 4.69) is 172 Å². The van der Waals surface area contributed by atoms with E-state index in [-0.39, 0.29) is 24.5 Å². The van der Waals surface area contributed by atoms with Crippen molar-refractivity contribution in [3.8, 4) is 15.0 Å². The van der Waals surface area contributed by atoms with E-state index in [1.807, 2.05) is 65.8 Å². The summed E-state index contributed by atoms with van der Waals surface area (Å²) in [5, 5.41) is 36.5. The number of nitrogens with zero attached hydrogens (tertiary/aromatic N) is 12. The molecule has 446 valence electrons. The summed E-state index contributed by atoms with van der Waals surface area (Å²) >= 11 is 5.28. The van der Waals surface area contributed by atoms with Gasteiger partial charge in [-0.15, -0.1) is 83.1 Å². The molecule has 3 aliphatic heterocycles. The van der Waals surface area contributed by atoms with Crippen molar-refractivity contribution in [2.24, 2.45) is 20.7 Å². The van der Waals surface area contributed by atoms with Crippen molar-refractivity contribution in [2.45, 2.75) is 139 Å². The number of carbonyl (C=O) groups is 1. The molecule has 0 fully saturated rings. The van der Waals surface area contributed by atoms with Crippen LogP contribution in [0.25, 0.3) is 15.0 Å². The van der Waals surface area contributed by atoms with E-state index in [0.29, 0.717) is 5.82 Å². The molecule has 0 saturated carbocycles. The molecule has 0 amide bonds. The Kier molecular flexibility index (Phi) is 20.3. The number of aliphatic imine (C=N–C) groups is 3. The number of esters is 1. The highest BCUT2D eigenvalue weighted by Crippen LogP contribution is 2.42. The third-order valence-electron chi connectivity index (χ3n) is 14.8. The first-order valence-electron chi connectivity index (χ1n) is 28.1. The van der Waals surface area contributed by atoms with Gasteiger partial charge in [-0.05, 0) is 156 Å². The topological polar surface area (TPSA) is 228 Å². The zero-order valence-electron chi connectivity index (χ0n) is 51.4. The largest absolute Gasteiger partial charge is 0.460 e. The lowest BCUT2D eigenvalue weighted by molar-refractivity contribution is -0.155. The molecular weight excluding hydrogens is 1160 g/mol. The smallest absolute Gasteiger partial charge is 0.308 e. The van der Waals surface area contributed by atoms with Crippen molar-refractivity contribution in [2.75, 3.05) is 19.9 Å². The van der Waals surface area contributed by atoms with Crippen molar-refractivity contribution >= 4 is 81.3 Å². The van der Waals surface area contributed by atoms with E-state index in [9.17, 15) is 4.79 Å². The number of benzene rings is 3. The number of hydrogen-bond acceptors (Lipinski definition) is 17. The Labute approximate surface area is 515 Å². The Balaban J connectivity index is 0.000000163. The predicted molar refractivity (Wildman–Crippen MR) is 356 cm³/mol. The number of aliphatic hydroxyl groups is 1. The summed E-state index contributed by atoms with van der Waals surface area (Å²) < 4.78 is 12.0. The number of thiophene rings is 3. The lowest BCUT2D eigenvalue weighted by Gasteiger charge is -2.21. The molecule has 12 rings (SSSR count). The van der Waals surface area contributed by atoms with Crippen LogP contribution in [0.5, 0.6) is 0 Å². The quantitative estimate of drug-likeness (QED) is 0.0772. The van der Waals surface area contributed by atoms with Gasteiger partial charge in [-0.25, -0.2) is 0 Å². The average Bonchev–Trinajstić information content (AvgIpc) is 2.51. The second-order valence-corrected chi connectivity index (χ2v) is 26.2. The first kappa shape index (κ1) is 64.2. The zero-order valence-corrected chi connectivity index (χ0v) is 56.2. The number of fused-ring (bicyclic) bond motifs is 9. The first-order valence-corrected chi connectivity index (χ1v) is 32.2. The molecule has 0 bridgehead atoms. The van der Waals surface area contributed by atoms with Gasteiger partial charge in [0.15, 0.2) is 17.5 Å². The third kappa shape index (κ3) is 13.0. The number of aliphatic hydroxyl groups excluding tert-OH is 1. The highest BCUT2D eigenvalue weighted by Gasteiger charge is 2.35. The van der Waals surface area contributed by atoms with Gasteiger partial charge in [-0.3, -0.25) is 33.5 Å². The van der Waals surface area contributed by atoms with Gasteiger partial charge in [0.05, 0.1) is 23.6 Å². The molecular formula is C63H78N14O3P2S3. The van der Waals surface area contributed by atoms with Gasteiger partial charge < -0.3 is 21.3 Å². The van der Waals surface area contributed by atoms with Crippen LogP contribution in [0.2, 0.25) is 0 Å².